The highest BCUT2D eigenvalue weighted by Gasteiger charge is 2.19. The van der Waals surface area contributed by atoms with Crippen molar-refractivity contribution in [2.24, 2.45) is 5.84 Å². The van der Waals surface area contributed by atoms with Gasteiger partial charge in [0, 0.05) is 11.5 Å². The van der Waals surface area contributed by atoms with Crippen LogP contribution in [0.15, 0.2) is 24.3 Å². The number of aromatic nitrogens is 2. The SMILES string of the molecule is CC(C)(C)c1nc(NN)cc(Nc2cccc(Cl)c2Cl)n1. The number of hydrazine groups is 1. The number of benzene rings is 1. The van der Waals surface area contributed by atoms with E-state index in [9.17, 15) is 0 Å². The van der Waals surface area contributed by atoms with Crippen LogP contribution in [0.25, 0.3) is 0 Å². The monoisotopic (exact) mass is 325 g/mol. The molecule has 112 valence electrons. The molecule has 0 aliphatic heterocycles. The third kappa shape index (κ3) is 3.75. The maximum Gasteiger partial charge on any atom is 0.145 e. The van der Waals surface area contributed by atoms with Gasteiger partial charge in [-0.1, -0.05) is 50.0 Å². The maximum atomic E-state index is 6.17. The zero-order valence-electron chi connectivity index (χ0n) is 12.0. The molecule has 0 saturated carbocycles. The van der Waals surface area contributed by atoms with Crippen molar-refractivity contribution in [1.29, 1.82) is 0 Å². The molecule has 0 aliphatic carbocycles. The van der Waals surface area contributed by atoms with Crippen LogP contribution in [0.4, 0.5) is 17.3 Å². The quantitative estimate of drug-likeness (QED) is 0.584. The molecule has 0 saturated heterocycles. The van der Waals surface area contributed by atoms with Gasteiger partial charge in [-0.2, -0.15) is 0 Å². The van der Waals surface area contributed by atoms with Gasteiger partial charge >= 0.3 is 0 Å². The van der Waals surface area contributed by atoms with Crippen LogP contribution in [0.5, 0.6) is 0 Å². The summed E-state index contributed by atoms with van der Waals surface area (Å²) in [5, 5.41) is 4.06. The molecule has 7 heteroatoms. The van der Waals surface area contributed by atoms with Crippen LogP contribution in [0.3, 0.4) is 0 Å². The van der Waals surface area contributed by atoms with Gasteiger partial charge in [-0.05, 0) is 12.1 Å². The predicted molar refractivity (Wildman–Crippen MR) is 88.3 cm³/mol. The summed E-state index contributed by atoms with van der Waals surface area (Å²) in [6.45, 7) is 6.08. The topological polar surface area (TPSA) is 75.9 Å². The first-order valence-electron chi connectivity index (χ1n) is 6.38. The van der Waals surface area contributed by atoms with E-state index in [4.69, 9.17) is 29.0 Å². The molecule has 0 fully saturated rings. The van der Waals surface area contributed by atoms with Crippen LogP contribution in [0, 0.1) is 0 Å². The zero-order valence-corrected chi connectivity index (χ0v) is 13.5. The summed E-state index contributed by atoms with van der Waals surface area (Å²) in [4.78, 5) is 8.86. The Balaban J connectivity index is 2.42. The Labute approximate surface area is 133 Å². The second-order valence-electron chi connectivity index (χ2n) is 5.58. The third-order valence-electron chi connectivity index (χ3n) is 2.76. The molecule has 21 heavy (non-hydrogen) atoms. The molecule has 5 nitrogen and oxygen atoms in total. The molecule has 1 aromatic carbocycles. The van der Waals surface area contributed by atoms with Gasteiger partial charge in [0.2, 0.25) is 0 Å². The van der Waals surface area contributed by atoms with Gasteiger partial charge in [0.15, 0.2) is 0 Å². The maximum absolute atomic E-state index is 6.17. The molecular formula is C14H17Cl2N5. The van der Waals surface area contributed by atoms with E-state index in [1.807, 2.05) is 32.9 Å². The fraction of sp³-hybridized carbons (Fsp3) is 0.286. The molecule has 0 spiro atoms. The molecular weight excluding hydrogens is 309 g/mol. The molecule has 0 unspecified atom stereocenters. The first-order chi connectivity index (χ1) is 9.81. The van der Waals surface area contributed by atoms with Gasteiger partial charge in [0.1, 0.15) is 17.5 Å². The molecule has 0 bridgehead atoms. The minimum Gasteiger partial charge on any atom is -0.339 e. The number of rotatable bonds is 3. The lowest BCUT2D eigenvalue weighted by atomic mass is 9.96. The van der Waals surface area contributed by atoms with Crippen molar-refractivity contribution in [3.05, 3.63) is 40.1 Å². The fourth-order valence-electron chi connectivity index (χ4n) is 1.66. The number of hydrogen-bond acceptors (Lipinski definition) is 5. The molecule has 2 rings (SSSR count). The van der Waals surface area contributed by atoms with Crippen molar-refractivity contribution >= 4 is 40.5 Å². The number of halogens is 2. The number of nitrogen functional groups attached to an aromatic ring is 1. The average molecular weight is 326 g/mol. The van der Waals surface area contributed by atoms with Crippen LogP contribution in [0.2, 0.25) is 10.0 Å². The van der Waals surface area contributed by atoms with Crippen LogP contribution in [-0.2, 0) is 5.41 Å². The Morgan fingerprint density at radius 2 is 1.76 bits per heavy atom. The summed E-state index contributed by atoms with van der Waals surface area (Å²) in [5.41, 5.74) is 3.01. The highest BCUT2D eigenvalue weighted by Crippen LogP contribution is 2.32. The van der Waals surface area contributed by atoms with Gasteiger partial charge in [-0.3, -0.25) is 0 Å². The molecule has 0 radical (unpaired) electrons. The van der Waals surface area contributed by atoms with Gasteiger partial charge in [-0.15, -0.1) is 0 Å². The molecule has 0 amide bonds. The number of nitrogens with one attached hydrogen (secondary N) is 2. The van der Waals surface area contributed by atoms with E-state index < -0.39 is 0 Å². The van der Waals surface area contributed by atoms with E-state index in [2.05, 4.69) is 20.7 Å². The smallest absolute Gasteiger partial charge is 0.145 e. The van der Waals surface area contributed by atoms with E-state index in [0.29, 0.717) is 33.2 Å². The lowest BCUT2D eigenvalue weighted by Gasteiger charge is -2.19. The van der Waals surface area contributed by atoms with E-state index in [-0.39, 0.29) is 5.41 Å². The normalized spacial score (nSPS) is 11.3. The number of anilines is 3. The molecule has 1 heterocycles. The molecule has 1 aromatic heterocycles. The van der Waals surface area contributed by atoms with Crippen molar-refractivity contribution < 1.29 is 0 Å². The Kier molecular flexibility index (Phi) is 4.56. The summed E-state index contributed by atoms with van der Waals surface area (Å²) in [6.07, 6.45) is 0. The summed E-state index contributed by atoms with van der Waals surface area (Å²) in [7, 11) is 0. The number of nitrogens with two attached hydrogens (primary N) is 1. The van der Waals surface area contributed by atoms with Crippen LogP contribution < -0.4 is 16.6 Å². The van der Waals surface area contributed by atoms with Gasteiger partial charge in [0.25, 0.3) is 0 Å². The lowest BCUT2D eigenvalue weighted by molar-refractivity contribution is 0.547. The molecule has 0 atom stereocenters. The van der Waals surface area contributed by atoms with Crippen molar-refractivity contribution in [3.63, 3.8) is 0 Å². The Morgan fingerprint density at radius 3 is 2.38 bits per heavy atom. The predicted octanol–water partition coefficient (Wildman–Crippen LogP) is 4.11. The van der Waals surface area contributed by atoms with E-state index in [1.54, 1.807) is 12.1 Å². The van der Waals surface area contributed by atoms with E-state index in [0.717, 1.165) is 0 Å². The Bertz CT molecular complexity index is 652. The minimum atomic E-state index is -0.207. The largest absolute Gasteiger partial charge is 0.339 e. The Morgan fingerprint density at radius 1 is 1.10 bits per heavy atom. The first-order valence-corrected chi connectivity index (χ1v) is 7.14. The van der Waals surface area contributed by atoms with Gasteiger partial charge in [0.05, 0.1) is 15.7 Å². The van der Waals surface area contributed by atoms with E-state index >= 15 is 0 Å². The highest BCUT2D eigenvalue weighted by molar-refractivity contribution is 6.43. The molecule has 2 aromatic rings. The van der Waals surface area contributed by atoms with Crippen molar-refractivity contribution in [2.75, 3.05) is 10.7 Å². The number of hydrogen-bond donors (Lipinski definition) is 3. The standard InChI is InChI=1S/C14H17Cl2N5/c1-14(2,3)13-19-10(7-11(20-13)21-17)18-9-6-4-5-8(15)12(9)16/h4-7H,17H2,1-3H3,(H2,18,19,20,21). The van der Waals surface area contributed by atoms with Crippen molar-refractivity contribution in [2.45, 2.75) is 26.2 Å². The minimum absolute atomic E-state index is 0.207. The lowest BCUT2D eigenvalue weighted by Crippen LogP contribution is -2.19. The summed E-state index contributed by atoms with van der Waals surface area (Å²) in [5.74, 6) is 7.24. The van der Waals surface area contributed by atoms with E-state index in [1.165, 1.54) is 0 Å². The third-order valence-corrected chi connectivity index (χ3v) is 3.58. The zero-order chi connectivity index (χ0) is 15.6. The fourth-order valence-corrected chi connectivity index (χ4v) is 2.01. The van der Waals surface area contributed by atoms with Gasteiger partial charge < -0.3 is 10.7 Å². The molecule has 0 aliphatic rings. The molecule has 4 N–H and O–H groups in total. The summed E-state index contributed by atoms with van der Waals surface area (Å²) in [6, 6.07) is 7.06. The van der Waals surface area contributed by atoms with Gasteiger partial charge in [-0.25, -0.2) is 15.8 Å². The van der Waals surface area contributed by atoms with Crippen LogP contribution >= 0.6 is 23.2 Å². The second kappa shape index (κ2) is 6.05. The number of nitrogens with zero attached hydrogens (tertiary/aromatic N) is 2. The van der Waals surface area contributed by atoms with Crippen molar-refractivity contribution in [1.82, 2.24) is 9.97 Å². The van der Waals surface area contributed by atoms with Crippen molar-refractivity contribution in [3.8, 4) is 0 Å². The highest BCUT2D eigenvalue weighted by atomic mass is 35.5. The summed E-state index contributed by atoms with van der Waals surface area (Å²) >= 11 is 12.2. The Hall–Kier alpha value is -1.56. The first kappa shape index (κ1) is 15.8. The average Bonchev–Trinajstić information content (AvgIpc) is 2.42. The van der Waals surface area contributed by atoms with Crippen LogP contribution in [-0.4, -0.2) is 9.97 Å². The summed E-state index contributed by atoms with van der Waals surface area (Å²) < 4.78 is 0. The van der Waals surface area contributed by atoms with Crippen LogP contribution in [0.1, 0.15) is 26.6 Å². The second-order valence-corrected chi connectivity index (χ2v) is 6.37.